The summed E-state index contributed by atoms with van der Waals surface area (Å²) < 4.78 is 0. The van der Waals surface area contributed by atoms with Gasteiger partial charge in [-0.15, -0.1) is 0 Å². The Kier molecular flexibility index (Phi) is 5.60. The topological polar surface area (TPSA) is 84.2 Å². The lowest BCUT2D eigenvalue weighted by Gasteiger charge is -2.08. The van der Waals surface area contributed by atoms with Crippen molar-refractivity contribution in [1.82, 2.24) is 5.32 Å². The molecule has 2 rings (SSSR count). The van der Waals surface area contributed by atoms with E-state index in [0.29, 0.717) is 11.3 Å². The quantitative estimate of drug-likeness (QED) is 0.595. The molecule has 0 aliphatic rings. The SMILES string of the molecule is NC(=O)c1cccc(NC(=S)NC(=O)/C=C/c2ccccc2)c1. The van der Waals surface area contributed by atoms with E-state index in [4.69, 9.17) is 18.0 Å². The van der Waals surface area contributed by atoms with Gasteiger partial charge in [-0.05, 0) is 42.1 Å². The fourth-order valence-electron chi connectivity index (χ4n) is 1.80. The van der Waals surface area contributed by atoms with Gasteiger partial charge < -0.3 is 11.1 Å². The molecule has 0 aromatic heterocycles. The summed E-state index contributed by atoms with van der Waals surface area (Å²) in [5.74, 6) is -0.883. The number of amides is 2. The van der Waals surface area contributed by atoms with Crippen molar-refractivity contribution < 1.29 is 9.59 Å². The van der Waals surface area contributed by atoms with Gasteiger partial charge >= 0.3 is 0 Å². The van der Waals surface area contributed by atoms with Crippen molar-refractivity contribution in [2.75, 3.05) is 5.32 Å². The molecule has 2 amide bonds. The zero-order chi connectivity index (χ0) is 16.7. The molecular weight excluding hydrogens is 310 g/mol. The van der Waals surface area contributed by atoms with E-state index in [1.165, 1.54) is 6.08 Å². The first-order valence-electron chi connectivity index (χ1n) is 6.79. The molecule has 0 heterocycles. The van der Waals surface area contributed by atoms with Crippen molar-refractivity contribution >= 4 is 40.9 Å². The van der Waals surface area contributed by atoms with Crippen molar-refractivity contribution in [3.63, 3.8) is 0 Å². The molecular formula is C17H15N3O2S. The van der Waals surface area contributed by atoms with Gasteiger partial charge in [-0.3, -0.25) is 14.9 Å². The van der Waals surface area contributed by atoms with E-state index in [0.717, 1.165) is 5.56 Å². The molecule has 23 heavy (non-hydrogen) atoms. The van der Waals surface area contributed by atoms with E-state index >= 15 is 0 Å². The highest BCUT2D eigenvalue weighted by molar-refractivity contribution is 7.80. The molecule has 0 radical (unpaired) electrons. The molecule has 0 unspecified atom stereocenters. The highest BCUT2D eigenvalue weighted by Crippen LogP contribution is 2.10. The predicted octanol–water partition coefficient (Wildman–Crippen LogP) is 2.31. The van der Waals surface area contributed by atoms with Gasteiger partial charge in [0, 0.05) is 17.3 Å². The molecule has 6 heteroatoms. The fourth-order valence-corrected chi connectivity index (χ4v) is 2.02. The van der Waals surface area contributed by atoms with Gasteiger partial charge in [0.1, 0.15) is 0 Å². The van der Waals surface area contributed by atoms with Crippen molar-refractivity contribution in [2.24, 2.45) is 5.73 Å². The van der Waals surface area contributed by atoms with Crippen LogP contribution in [-0.2, 0) is 4.79 Å². The maximum Gasteiger partial charge on any atom is 0.250 e. The largest absolute Gasteiger partial charge is 0.366 e. The zero-order valence-electron chi connectivity index (χ0n) is 12.2. The number of nitrogens with one attached hydrogen (secondary N) is 2. The molecule has 116 valence electrons. The third-order valence-electron chi connectivity index (χ3n) is 2.87. The van der Waals surface area contributed by atoms with Gasteiger partial charge in [0.2, 0.25) is 11.8 Å². The number of anilines is 1. The molecule has 0 atom stereocenters. The fraction of sp³-hybridized carbons (Fsp3) is 0. The number of carbonyl (C=O) groups excluding carboxylic acids is 2. The lowest BCUT2D eigenvalue weighted by Crippen LogP contribution is -2.32. The maximum atomic E-state index is 11.8. The van der Waals surface area contributed by atoms with Crippen LogP contribution in [0.3, 0.4) is 0 Å². The molecule has 5 nitrogen and oxygen atoms in total. The first-order valence-corrected chi connectivity index (χ1v) is 7.20. The second-order valence-electron chi connectivity index (χ2n) is 4.63. The second kappa shape index (κ2) is 7.86. The molecule has 0 aliphatic heterocycles. The number of rotatable bonds is 4. The monoisotopic (exact) mass is 325 g/mol. The summed E-state index contributed by atoms with van der Waals surface area (Å²) >= 11 is 5.06. The molecule has 2 aromatic rings. The van der Waals surface area contributed by atoms with Crippen molar-refractivity contribution in [3.8, 4) is 0 Å². The molecule has 0 saturated carbocycles. The van der Waals surface area contributed by atoms with Crippen LogP contribution in [0.25, 0.3) is 6.08 Å². The second-order valence-corrected chi connectivity index (χ2v) is 5.04. The van der Waals surface area contributed by atoms with Gasteiger partial charge in [-0.1, -0.05) is 36.4 Å². The van der Waals surface area contributed by atoms with E-state index in [1.807, 2.05) is 30.3 Å². The average Bonchev–Trinajstić information content (AvgIpc) is 2.54. The van der Waals surface area contributed by atoms with Crippen LogP contribution in [0.4, 0.5) is 5.69 Å². The maximum absolute atomic E-state index is 11.8. The van der Waals surface area contributed by atoms with Gasteiger partial charge in [-0.25, -0.2) is 0 Å². The highest BCUT2D eigenvalue weighted by Gasteiger charge is 2.04. The molecule has 0 saturated heterocycles. The minimum absolute atomic E-state index is 0.134. The van der Waals surface area contributed by atoms with Crippen LogP contribution >= 0.6 is 12.2 Å². The molecule has 0 aliphatic carbocycles. The third kappa shape index (κ3) is 5.37. The van der Waals surface area contributed by atoms with E-state index in [1.54, 1.807) is 30.3 Å². The number of nitrogens with two attached hydrogens (primary N) is 1. The predicted molar refractivity (Wildman–Crippen MR) is 94.8 cm³/mol. The Morgan fingerprint density at radius 2 is 1.78 bits per heavy atom. The highest BCUT2D eigenvalue weighted by atomic mass is 32.1. The van der Waals surface area contributed by atoms with Gasteiger partial charge in [-0.2, -0.15) is 0 Å². The summed E-state index contributed by atoms with van der Waals surface area (Å²) in [6.45, 7) is 0. The normalized spacial score (nSPS) is 10.3. The van der Waals surface area contributed by atoms with Crippen LogP contribution in [-0.4, -0.2) is 16.9 Å². The Morgan fingerprint density at radius 1 is 1.04 bits per heavy atom. The Bertz CT molecular complexity index is 757. The summed E-state index contributed by atoms with van der Waals surface area (Å²) in [5.41, 5.74) is 7.05. The molecule has 4 N–H and O–H groups in total. The smallest absolute Gasteiger partial charge is 0.250 e. The van der Waals surface area contributed by atoms with E-state index in [-0.39, 0.29) is 11.0 Å². The number of carbonyl (C=O) groups is 2. The van der Waals surface area contributed by atoms with Gasteiger partial charge in [0.05, 0.1) is 0 Å². The summed E-state index contributed by atoms with van der Waals surface area (Å²) in [6, 6.07) is 16.0. The molecule has 0 spiro atoms. The lowest BCUT2D eigenvalue weighted by molar-refractivity contribution is -0.115. The number of benzene rings is 2. The Morgan fingerprint density at radius 3 is 2.48 bits per heavy atom. The molecule has 0 fully saturated rings. The minimum atomic E-state index is -0.533. The van der Waals surface area contributed by atoms with Gasteiger partial charge in [0.25, 0.3) is 0 Å². The third-order valence-corrected chi connectivity index (χ3v) is 3.07. The van der Waals surface area contributed by atoms with Crippen LogP contribution in [0.2, 0.25) is 0 Å². The molecule has 2 aromatic carbocycles. The number of hydrogen-bond donors (Lipinski definition) is 3. The Balaban J connectivity index is 1.92. The molecule has 0 bridgehead atoms. The lowest BCUT2D eigenvalue weighted by atomic mass is 10.2. The van der Waals surface area contributed by atoms with E-state index in [2.05, 4.69) is 10.6 Å². The van der Waals surface area contributed by atoms with Crippen LogP contribution in [0.15, 0.2) is 60.7 Å². The number of primary amides is 1. The summed E-state index contributed by atoms with van der Waals surface area (Å²) in [5, 5.41) is 5.48. The minimum Gasteiger partial charge on any atom is -0.366 e. The standard InChI is InChI=1S/C17H15N3O2S/c18-16(22)13-7-4-8-14(11-13)19-17(23)20-15(21)10-9-12-5-2-1-3-6-12/h1-11H,(H2,18,22)(H2,19,20,21,23)/b10-9+. The van der Waals surface area contributed by atoms with Crippen LogP contribution in [0, 0.1) is 0 Å². The van der Waals surface area contributed by atoms with Crippen molar-refractivity contribution in [2.45, 2.75) is 0 Å². The number of thiocarbonyl (C=S) groups is 1. The first kappa shape index (κ1) is 16.4. The summed E-state index contributed by atoms with van der Waals surface area (Å²) in [7, 11) is 0. The van der Waals surface area contributed by atoms with Crippen LogP contribution in [0.1, 0.15) is 15.9 Å². The zero-order valence-corrected chi connectivity index (χ0v) is 13.0. The van der Waals surface area contributed by atoms with E-state index < -0.39 is 5.91 Å². The van der Waals surface area contributed by atoms with Crippen LogP contribution < -0.4 is 16.4 Å². The summed E-state index contributed by atoms with van der Waals surface area (Å²) in [6.07, 6.45) is 3.08. The van der Waals surface area contributed by atoms with Crippen molar-refractivity contribution in [1.29, 1.82) is 0 Å². The number of hydrogen-bond acceptors (Lipinski definition) is 3. The Labute approximate surface area is 139 Å². The summed E-state index contributed by atoms with van der Waals surface area (Å²) in [4.78, 5) is 22.9. The first-order chi connectivity index (χ1) is 11.0. The van der Waals surface area contributed by atoms with Crippen LogP contribution in [0.5, 0.6) is 0 Å². The van der Waals surface area contributed by atoms with Gasteiger partial charge in [0.15, 0.2) is 5.11 Å². The Hall–Kier alpha value is -2.99. The van der Waals surface area contributed by atoms with Crippen molar-refractivity contribution in [3.05, 3.63) is 71.8 Å². The van der Waals surface area contributed by atoms with E-state index in [9.17, 15) is 9.59 Å². The average molecular weight is 325 g/mol.